The SMILES string of the molecule is CC1CN(CC(O)CN(CCC#N)CC2CC2)CC(C)O1. The van der Waals surface area contributed by atoms with Crippen molar-refractivity contribution in [1.29, 1.82) is 5.26 Å². The number of nitriles is 1. The number of ether oxygens (including phenoxy) is 1. The molecular formula is C16H29N3O2. The van der Waals surface area contributed by atoms with Gasteiger partial charge in [0, 0.05) is 45.7 Å². The van der Waals surface area contributed by atoms with Gasteiger partial charge in [-0.05, 0) is 32.6 Å². The molecule has 1 saturated carbocycles. The standard InChI is InChI=1S/C16H29N3O2/c1-13-8-19(9-14(2)21-13)12-16(20)11-18(7-3-6-17)10-15-4-5-15/h13-16,20H,3-5,7-12H2,1-2H3. The number of hydrogen-bond donors (Lipinski definition) is 1. The molecule has 1 aliphatic heterocycles. The summed E-state index contributed by atoms with van der Waals surface area (Å²) < 4.78 is 5.72. The Kier molecular flexibility index (Phi) is 6.43. The third kappa shape index (κ3) is 6.31. The van der Waals surface area contributed by atoms with E-state index in [1.807, 2.05) is 0 Å². The van der Waals surface area contributed by atoms with E-state index >= 15 is 0 Å². The van der Waals surface area contributed by atoms with Crippen molar-refractivity contribution in [3.8, 4) is 6.07 Å². The molecule has 2 aliphatic rings. The minimum atomic E-state index is -0.347. The van der Waals surface area contributed by atoms with Gasteiger partial charge in [-0.15, -0.1) is 0 Å². The fourth-order valence-electron chi connectivity index (χ4n) is 3.22. The molecule has 0 aromatic rings. The van der Waals surface area contributed by atoms with Gasteiger partial charge in [-0.1, -0.05) is 0 Å². The van der Waals surface area contributed by atoms with Crippen LogP contribution < -0.4 is 0 Å². The molecule has 120 valence electrons. The van der Waals surface area contributed by atoms with E-state index in [4.69, 9.17) is 10.00 Å². The Balaban J connectivity index is 1.74. The lowest BCUT2D eigenvalue weighted by Gasteiger charge is -2.37. The summed E-state index contributed by atoms with van der Waals surface area (Å²) in [5.41, 5.74) is 0. The van der Waals surface area contributed by atoms with Crippen LogP contribution in [0.3, 0.4) is 0 Å². The molecule has 5 heteroatoms. The highest BCUT2D eigenvalue weighted by Crippen LogP contribution is 2.29. The molecule has 21 heavy (non-hydrogen) atoms. The van der Waals surface area contributed by atoms with Crippen LogP contribution in [0, 0.1) is 17.2 Å². The topological polar surface area (TPSA) is 59.7 Å². The number of β-amino-alcohol motifs (C(OH)–C–C–N with tert-alkyl or cyclic N) is 1. The minimum absolute atomic E-state index is 0.238. The number of aliphatic hydroxyl groups excluding tert-OH is 1. The van der Waals surface area contributed by atoms with Gasteiger partial charge >= 0.3 is 0 Å². The van der Waals surface area contributed by atoms with E-state index in [2.05, 4.69) is 29.7 Å². The number of aliphatic hydroxyl groups is 1. The van der Waals surface area contributed by atoms with Gasteiger partial charge in [-0.2, -0.15) is 5.26 Å². The molecular weight excluding hydrogens is 266 g/mol. The molecule has 2 rings (SSSR count). The molecule has 1 saturated heterocycles. The van der Waals surface area contributed by atoms with Gasteiger partial charge < -0.3 is 9.84 Å². The molecule has 5 nitrogen and oxygen atoms in total. The third-order valence-corrected chi connectivity index (χ3v) is 4.19. The number of rotatable bonds is 8. The quantitative estimate of drug-likeness (QED) is 0.726. The zero-order valence-electron chi connectivity index (χ0n) is 13.4. The highest BCUT2D eigenvalue weighted by atomic mass is 16.5. The summed E-state index contributed by atoms with van der Waals surface area (Å²) in [6, 6.07) is 2.21. The second kappa shape index (κ2) is 8.09. The highest BCUT2D eigenvalue weighted by molar-refractivity contribution is 4.82. The highest BCUT2D eigenvalue weighted by Gasteiger charge is 2.27. The fraction of sp³-hybridized carbons (Fsp3) is 0.938. The van der Waals surface area contributed by atoms with Gasteiger partial charge in [0.15, 0.2) is 0 Å². The third-order valence-electron chi connectivity index (χ3n) is 4.19. The van der Waals surface area contributed by atoms with Gasteiger partial charge in [0.05, 0.1) is 24.4 Å². The van der Waals surface area contributed by atoms with Crippen LogP contribution >= 0.6 is 0 Å². The summed E-state index contributed by atoms with van der Waals surface area (Å²) in [6.07, 6.45) is 3.28. The molecule has 1 aliphatic carbocycles. The lowest BCUT2D eigenvalue weighted by atomic mass is 10.2. The molecule has 1 N–H and O–H groups in total. The van der Waals surface area contributed by atoms with Crippen molar-refractivity contribution < 1.29 is 9.84 Å². The van der Waals surface area contributed by atoms with Gasteiger partial charge in [0.25, 0.3) is 0 Å². The molecule has 0 bridgehead atoms. The largest absolute Gasteiger partial charge is 0.390 e. The number of nitrogens with zero attached hydrogens (tertiary/aromatic N) is 3. The molecule has 3 atom stereocenters. The lowest BCUT2D eigenvalue weighted by Crippen LogP contribution is -2.49. The Morgan fingerprint density at radius 1 is 1.33 bits per heavy atom. The van der Waals surface area contributed by atoms with E-state index in [9.17, 15) is 5.11 Å². The molecule has 0 aromatic heterocycles. The molecule has 3 unspecified atom stereocenters. The maximum atomic E-state index is 10.4. The zero-order valence-corrected chi connectivity index (χ0v) is 13.4. The molecule has 0 spiro atoms. The van der Waals surface area contributed by atoms with E-state index in [-0.39, 0.29) is 18.3 Å². The van der Waals surface area contributed by atoms with Crippen LogP contribution in [0.15, 0.2) is 0 Å². The molecule has 2 fully saturated rings. The van der Waals surface area contributed by atoms with Crippen LogP contribution in [0.4, 0.5) is 0 Å². The maximum Gasteiger partial charge on any atom is 0.0793 e. The van der Waals surface area contributed by atoms with Crippen LogP contribution in [0.25, 0.3) is 0 Å². The summed E-state index contributed by atoms with van der Waals surface area (Å²) in [5, 5.41) is 19.1. The summed E-state index contributed by atoms with van der Waals surface area (Å²) in [5.74, 6) is 0.791. The van der Waals surface area contributed by atoms with Gasteiger partial charge in [-0.25, -0.2) is 0 Å². The van der Waals surface area contributed by atoms with E-state index in [0.29, 0.717) is 19.5 Å². The van der Waals surface area contributed by atoms with Crippen molar-refractivity contribution in [3.05, 3.63) is 0 Å². The zero-order chi connectivity index (χ0) is 15.2. The predicted molar refractivity (Wildman–Crippen MR) is 81.8 cm³/mol. The summed E-state index contributed by atoms with van der Waals surface area (Å²) in [6.45, 7) is 9.14. The average Bonchev–Trinajstić information content (AvgIpc) is 3.18. The second-order valence-corrected chi connectivity index (χ2v) is 6.74. The Labute approximate surface area is 128 Å². The Hall–Kier alpha value is -0.670. The van der Waals surface area contributed by atoms with Crippen molar-refractivity contribution in [2.45, 2.75) is 51.4 Å². The lowest BCUT2D eigenvalue weighted by molar-refractivity contribution is -0.0780. The Morgan fingerprint density at radius 3 is 2.57 bits per heavy atom. The van der Waals surface area contributed by atoms with E-state index in [1.165, 1.54) is 12.8 Å². The maximum absolute atomic E-state index is 10.4. The van der Waals surface area contributed by atoms with Crippen LogP contribution in [0.1, 0.15) is 33.1 Å². The van der Waals surface area contributed by atoms with Crippen LogP contribution in [-0.2, 0) is 4.74 Å². The average molecular weight is 295 g/mol. The van der Waals surface area contributed by atoms with E-state index in [1.54, 1.807) is 0 Å². The van der Waals surface area contributed by atoms with Crippen LogP contribution in [-0.4, -0.2) is 72.5 Å². The normalized spacial score (nSPS) is 28.5. The monoisotopic (exact) mass is 295 g/mol. The van der Waals surface area contributed by atoms with Crippen molar-refractivity contribution >= 4 is 0 Å². The summed E-state index contributed by atoms with van der Waals surface area (Å²) >= 11 is 0. The van der Waals surface area contributed by atoms with Gasteiger partial charge in [-0.3, -0.25) is 9.80 Å². The van der Waals surface area contributed by atoms with Crippen molar-refractivity contribution in [1.82, 2.24) is 9.80 Å². The molecule has 0 aromatic carbocycles. The number of hydrogen-bond acceptors (Lipinski definition) is 5. The van der Waals surface area contributed by atoms with Crippen molar-refractivity contribution in [2.24, 2.45) is 5.92 Å². The van der Waals surface area contributed by atoms with Crippen molar-refractivity contribution in [3.63, 3.8) is 0 Å². The minimum Gasteiger partial charge on any atom is -0.390 e. The summed E-state index contributed by atoms with van der Waals surface area (Å²) in [7, 11) is 0. The van der Waals surface area contributed by atoms with Gasteiger partial charge in [0.1, 0.15) is 0 Å². The first-order valence-corrected chi connectivity index (χ1v) is 8.22. The summed E-state index contributed by atoms with van der Waals surface area (Å²) in [4.78, 5) is 4.56. The Bertz CT molecular complexity index is 344. The molecule has 1 heterocycles. The second-order valence-electron chi connectivity index (χ2n) is 6.74. The van der Waals surface area contributed by atoms with E-state index < -0.39 is 0 Å². The fourth-order valence-corrected chi connectivity index (χ4v) is 3.22. The predicted octanol–water partition coefficient (Wildman–Crippen LogP) is 1.08. The van der Waals surface area contributed by atoms with Gasteiger partial charge in [0.2, 0.25) is 0 Å². The molecule has 0 amide bonds. The van der Waals surface area contributed by atoms with Crippen LogP contribution in [0.5, 0.6) is 0 Å². The first-order chi connectivity index (χ1) is 10.1. The molecule has 0 radical (unpaired) electrons. The van der Waals surface area contributed by atoms with E-state index in [0.717, 1.165) is 32.1 Å². The Morgan fingerprint density at radius 2 is 2.00 bits per heavy atom. The van der Waals surface area contributed by atoms with Crippen LogP contribution in [0.2, 0.25) is 0 Å². The number of morpholine rings is 1. The smallest absolute Gasteiger partial charge is 0.0793 e. The van der Waals surface area contributed by atoms with Crippen molar-refractivity contribution in [2.75, 3.05) is 39.3 Å². The first kappa shape index (κ1) is 16.7. The first-order valence-electron chi connectivity index (χ1n) is 8.22.